The fraction of sp³-hybridized carbons (Fsp3) is 0.303. The number of nitrogens with zero attached hydrogens (tertiary/aromatic N) is 3. The van der Waals surface area contributed by atoms with Crippen molar-refractivity contribution in [2.24, 2.45) is 0 Å². The van der Waals surface area contributed by atoms with Gasteiger partial charge < -0.3 is 19.5 Å². The summed E-state index contributed by atoms with van der Waals surface area (Å²) in [5.41, 5.74) is 2.66. The Balaban J connectivity index is 1.42. The van der Waals surface area contributed by atoms with Crippen LogP contribution in [0.2, 0.25) is 0 Å². The van der Waals surface area contributed by atoms with Gasteiger partial charge >= 0.3 is 6.09 Å². The number of ether oxygens (including phenoxy) is 3. The van der Waals surface area contributed by atoms with Crippen molar-refractivity contribution in [3.8, 4) is 40.1 Å². The molecular formula is C33H32F2N4O4. The van der Waals surface area contributed by atoms with Crippen molar-refractivity contribution in [2.75, 3.05) is 13.7 Å². The molecule has 5 rings (SSSR count). The smallest absolute Gasteiger partial charge is 0.407 e. The van der Waals surface area contributed by atoms with Gasteiger partial charge in [0.2, 0.25) is 5.88 Å². The number of rotatable bonds is 9. The average Bonchev–Trinajstić information content (AvgIpc) is 3.40. The van der Waals surface area contributed by atoms with Crippen LogP contribution in [0.4, 0.5) is 13.6 Å². The van der Waals surface area contributed by atoms with Crippen LogP contribution in [0, 0.1) is 23.0 Å². The molecule has 1 saturated carbocycles. The minimum Gasteiger partial charge on any atom is -0.494 e. The van der Waals surface area contributed by atoms with E-state index in [9.17, 15) is 18.8 Å². The van der Waals surface area contributed by atoms with Crippen molar-refractivity contribution in [3.05, 3.63) is 89.5 Å². The zero-order valence-electron chi connectivity index (χ0n) is 24.0. The second kappa shape index (κ2) is 13.4. The number of halogens is 2. The third-order valence-corrected chi connectivity index (χ3v) is 7.53. The first-order valence-electron chi connectivity index (χ1n) is 14.2. The molecule has 0 spiro atoms. The molecular weight excluding hydrogens is 554 g/mol. The molecule has 1 aliphatic carbocycles. The molecule has 4 aromatic rings. The number of aromatic nitrogens is 2. The van der Waals surface area contributed by atoms with E-state index in [1.165, 1.54) is 31.4 Å². The van der Waals surface area contributed by atoms with Gasteiger partial charge in [0.25, 0.3) is 0 Å². The third kappa shape index (κ3) is 6.61. The minimum absolute atomic E-state index is 0.0622. The topological polar surface area (TPSA) is 98.4 Å². The molecule has 1 aromatic heterocycles. The van der Waals surface area contributed by atoms with Crippen LogP contribution in [-0.2, 0) is 11.3 Å². The number of alkyl carbamates (subject to hydrolysis) is 1. The van der Waals surface area contributed by atoms with Gasteiger partial charge in [-0.25, -0.2) is 18.3 Å². The summed E-state index contributed by atoms with van der Waals surface area (Å²) in [5.74, 6) is -0.707. The SMILES string of the molecule is CCOc1c(-c2ccc(OC)c(F)c2)c(-c2ccc(C#N)c(F)c2)nn1C1CCC(NC(=O)OCc2ccccc2)CC1. The maximum absolute atomic E-state index is 14.9. The summed E-state index contributed by atoms with van der Waals surface area (Å²) < 4.78 is 48.0. The summed E-state index contributed by atoms with van der Waals surface area (Å²) in [6.45, 7) is 2.36. The van der Waals surface area contributed by atoms with E-state index in [2.05, 4.69) is 5.32 Å². The van der Waals surface area contributed by atoms with E-state index >= 15 is 0 Å². The Morgan fingerprint density at radius 3 is 2.40 bits per heavy atom. The first-order valence-corrected chi connectivity index (χ1v) is 14.2. The van der Waals surface area contributed by atoms with E-state index in [1.807, 2.05) is 43.3 Å². The quantitative estimate of drug-likeness (QED) is 0.223. The summed E-state index contributed by atoms with van der Waals surface area (Å²) in [4.78, 5) is 12.4. The normalized spacial score (nSPS) is 16.3. The molecule has 1 aliphatic rings. The maximum atomic E-state index is 14.9. The number of carbonyl (C=O) groups excluding carboxylic acids is 1. The van der Waals surface area contributed by atoms with Crippen LogP contribution in [-0.4, -0.2) is 35.6 Å². The molecule has 1 fully saturated rings. The summed E-state index contributed by atoms with van der Waals surface area (Å²) >= 11 is 0. The lowest BCUT2D eigenvalue weighted by molar-refractivity contribution is 0.130. The van der Waals surface area contributed by atoms with Gasteiger partial charge in [-0.15, -0.1) is 0 Å². The van der Waals surface area contributed by atoms with Crippen LogP contribution < -0.4 is 14.8 Å². The number of benzene rings is 3. The summed E-state index contributed by atoms with van der Waals surface area (Å²) in [7, 11) is 1.39. The predicted molar refractivity (Wildman–Crippen MR) is 157 cm³/mol. The number of amides is 1. The van der Waals surface area contributed by atoms with Crippen molar-refractivity contribution in [1.29, 1.82) is 5.26 Å². The van der Waals surface area contributed by atoms with Gasteiger partial charge in [-0.2, -0.15) is 10.4 Å². The zero-order valence-corrected chi connectivity index (χ0v) is 24.0. The Kier molecular flexibility index (Phi) is 9.20. The summed E-state index contributed by atoms with van der Waals surface area (Å²) in [6, 6.07) is 20.0. The molecule has 1 amide bonds. The molecule has 8 nitrogen and oxygen atoms in total. The van der Waals surface area contributed by atoms with Gasteiger partial charge in [-0.05, 0) is 68.0 Å². The molecule has 10 heteroatoms. The Labute approximate surface area is 248 Å². The van der Waals surface area contributed by atoms with Gasteiger partial charge in [0.05, 0.1) is 30.9 Å². The second-order valence-corrected chi connectivity index (χ2v) is 10.3. The zero-order chi connectivity index (χ0) is 30.3. The number of methoxy groups -OCH3 is 1. The van der Waals surface area contributed by atoms with Crippen molar-refractivity contribution in [2.45, 2.75) is 51.3 Å². The minimum atomic E-state index is -0.676. The molecule has 0 aliphatic heterocycles. The lowest BCUT2D eigenvalue weighted by atomic mass is 9.91. The van der Waals surface area contributed by atoms with Crippen LogP contribution in [0.1, 0.15) is 49.8 Å². The molecule has 0 unspecified atom stereocenters. The Hall–Kier alpha value is -4.91. The molecule has 0 radical (unpaired) electrons. The summed E-state index contributed by atoms with van der Waals surface area (Å²) in [6.07, 6.45) is 2.27. The van der Waals surface area contributed by atoms with E-state index < -0.39 is 17.7 Å². The number of nitrogens with one attached hydrogen (secondary N) is 1. The van der Waals surface area contributed by atoms with E-state index in [1.54, 1.807) is 16.8 Å². The molecule has 0 saturated heterocycles. The highest BCUT2D eigenvalue weighted by atomic mass is 19.1. The van der Waals surface area contributed by atoms with Crippen molar-refractivity contribution >= 4 is 6.09 Å². The van der Waals surface area contributed by atoms with Crippen LogP contribution in [0.25, 0.3) is 22.4 Å². The average molecular weight is 587 g/mol. The highest BCUT2D eigenvalue weighted by molar-refractivity contribution is 5.85. The van der Waals surface area contributed by atoms with E-state index in [0.717, 1.165) is 5.56 Å². The molecule has 1 heterocycles. The lowest BCUT2D eigenvalue weighted by Crippen LogP contribution is -2.38. The predicted octanol–water partition coefficient (Wildman–Crippen LogP) is 7.18. The first kappa shape index (κ1) is 29.6. The molecule has 222 valence electrons. The molecule has 43 heavy (non-hydrogen) atoms. The second-order valence-electron chi connectivity index (χ2n) is 10.3. The van der Waals surface area contributed by atoms with Gasteiger partial charge in [-0.3, -0.25) is 0 Å². The standard InChI is InChI=1S/C33H32F2N4O4/c1-3-42-32-30(22-11-16-29(41-2)28(35)17-22)31(23-9-10-24(19-36)27(34)18-23)38-39(32)26-14-12-25(13-15-26)37-33(40)43-20-21-7-5-4-6-8-21/h4-11,16-18,25-26H,3,12-15,20H2,1-2H3,(H,37,40). The molecule has 1 N–H and O–H groups in total. The van der Waals surface area contributed by atoms with E-state index in [4.69, 9.17) is 19.3 Å². The monoisotopic (exact) mass is 586 g/mol. The van der Waals surface area contributed by atoms with Crippen LogP contribution >= 0.6 is 0 Å². The largest absolute Gasteiger partial charge is 0.494 e. The maximum Gasteiger partial charge on any atom is 0.407 e. The van der Waals surface area contributed by atoms with Crippen LogP contribution in [0.3, 0.4) is 0 Å². The van der Waals surface area contributed by atoms with Crippen molar-refractivity contribution < 1.29 is 27.8 Å². The van der Waals surface area contributed by atoms with Crippen LogP contribution in [0.5, 0.6) is 11.6 Å². The van der Waals surface area contributed by atoms with Crippen LogP contribution in [0.15, 0.2) is 66.7 Å². The molecule has 0 atom stereocenters. The van der Waals surface area contributed by atoms with Gasteiger partial charge in [0, 0.05) is 11.6 Å². The van der Waals surface area contributed by atoms with Gasteiger partial charge in [-0.1, -0.05) is 42.5 Å². The number of hydrogen-bond acceptors (Lipinski definition) is 6. The Morgan fingerprint density at radius 1 is 1.02 bits per heavy atom. The first-order chi connectivity index (χ1) is 20.9. The van der Waals surface area contributed by atoms with Gasteiger partial charge in [0.1, 0.15) is 24.2 Å². The number of carbonyl (C=O) groups is 1. The number of hydrogen-bond donors (Lipinski definition) is 1. The van der Waals surface area contributed by atoms with Gasteiger partial charge in [0.15, 0.2) is 11.6 Å². The van der Waals surface area contributed by atoms with Crippen molar-refractivity contribution in [3.63, 3.8) is 0 Å². The summed E-state index contributed by atoms with van der Waals surface area (Å²) in [5, 5.41) is 17.1. The number of nitriles is 1. The fourth-order valence-corrected chi connectivity index (χ4v) is 5.37. The highest BCUT2D eigenvalue weighted by Gasteiger charge is 2.31. The Bertz CT molecular complexity index is 1630. The van der Waals surface area contributed by atoms with E-state index in [-0.39, 0.29) is 30.0 Å². The fourth-order valence-electron chi connectivity index (χ4n) is 5.37. The highest BCUT2D eigenvalue weighted by Crippen LogP contribution is 2.44. The van der Waals surface area contributed by atoms with E-state index in [0.29, 0.717) is 60.6 Å². The molecule has 0 bridgehead atoms. The lowest BCUT2D eigenvalue weighted by Gasteiger charge is -2.29. The Morgan fingerprint density at radius 2 is 1.74 bits per heavy atom. The van der Waals surface area contributed by atoms with Crippen molar-refractivity contribution in [1.82, 2.24) is 15.1 Å². The third-order valence-electron chi connectivity index (χ3n) is 7.53. The molecule has 3 aromatic carbocycles.